The molecule has 0 saturated carbocycles. The Morgan fingerprint density at radius 1 is 1.20 bits per heavy atom. The Kier molecular flexibility index (Phi) is 6.56. The molecule has 1 aliphatic heterocycles. The molecular weight excluding hydrogens is 320 g/mol. The summed E-state index contributed by atoms with van der Waals surface area (Å²) >= 11 is 0. The van der Waals surface area contributed by atoms with Crippen molar-refractivity contribution >= 4 is 17.6 Å². The summed E-state index contributed by atoms with van der Waals surface area (Å²) in [6.45, 7) is 4.81. The van der Waals surface area contributed by atoms with E-state index in [4.69, 9.17) is 4.74 Å². The molecular formula is C19H26N2O4. The summed E-state index contributed by atoms with van der Waals surface area (Å²) in [5, 5.41) is 2.96. The summed E-state index contributed by atoms with van der Waals surface area (Å²) in [4.78, 5) is 37.6. The topological polar surface area (TPSA) is 75.7 Å². The highest BCUT2D eigenvalue weighted by Crippen LogP contribution is 2.21. The van der Waals surface area contributed by atoms with Crippen LogP contribution in [0.3, 0.4) is 0 Å². The molecule has 0 bridgehead atoms. The molecule has 6 nitrogen and oxygen atoms in total. The van der Waals surface area contributed by atoms with Gasteiger partial charge in [0.05, 0.1) is 12.7 Å². The van der Waals surface area contributed by atoms with Crippen molar-refractivity contribution in [2.24, 2.45) is 0 Å². The molecule has 0 aliphatic carbocycles. The average Bonchev–Trinajstić information content (AvgIpc) is 2.60. The van der Waals surface area contributed by atoms with Crippen LogP contribution in [0, 0.1) is 6.92 Å². The van der Waals surface area contributed by atoms with Crippen LogP contribution in [0.1, 0.15) is 48.5 Å². The van der Waals surface area contributed by atoms with Gasteiger partial charge in [0.2, 0.25) is 11.8 Å². The summed E-state index contributed by atoms with van der Waals surface area (Å²) in [6.07, 6.45) is 1.82. The molecule has 1 aliphatic rings. The second-order valence-corrected chi connectivity index (χ2v) is 6.47. The third-order valence-electron chi connectivity index (χ3n) is 4.54. The minimum atomic E-state index is -0.124. The number of nitrogens with one attached hydrogen (secondary N) is 1. The van der Waals surface area contributed by atoms with Crippen LogP contribution >= 0.6 is 0 Å². The predicted molar refractivity (Wildman–Crippen MR) is 94.7 cm³/mol. The van der Waals surface area contributed by atoms with Gasteiger partial charge in [-0.05, 0) is 31.9 Å². The normalized spacial score (nSPS) is 14.9. The first-order chi connectivity index (χ1) is 11.9. The molecule has 1 aromatic rings. The van der Waals surface area contributed by atoms with E-state index < -0.39 is 0 Å². The number of ether oxygens (including phenoxy) is 1. The van der Waals surface area contributed by atoms with Crippen LogP contribution in [0.2, 0.25) is 0 Å². The first-order valence-corrected chi connectivity index (χ1v) is 8.63. The van der Waals surface area contributed by atoms with Gasteiger partial charge in [-0.25, -0.2) is 0 Å². The minimum Gasteiger partial charge on any atom is -0.496 e. The Morgan fingerprint density at radius 3 is 2.48 bits per heavy atom. The van der Waals surface area contributed by atoms with Crippen molar-refractivity contribution in [1.29, 1.82) is 0 Å². The maximum absolute atomic E-state index is 12.4. The molecule has 25 heavy (non-hydrogen) atoms. The van der Waals surface area contributed by atoms with Gasteiger partial charge in [-0.15, -0.1) is 0 Å². The van der Waals surface area contributed by atoms with Gasteiger partial charge in [0.25, 0.3) is 0 Å². The van der Waals surface area contributed by atoms with Crippen LogP contribution in [-0.4, -0.2) is 48.7 Å². The number of aryl methyl sites for hydroxylation is 1. The molecule has 0 aromatic heterocycles. The zero-order chi connectivity index (χ0) is 18.4. The van der Waals surface area contributed by atoms with Gasteiger partial charge < -0.3 is 15.0 Å². The molecule has 0 unspecified atom stereocenters. The van der Waals surface area contributed by atoms with Crippen LogP contribution in [0.15, 0.2) is 18.2 Å². The van der Waals surface area contributed by atoms with Crippen LogP contribution in [0.5, 0.6) is 5.75 Å². The van der Waals surface area contributed by atoms with Crippen molar-refractivity contribution in [2.45, 2.75) is 45.6 Å². The molecule has 2 amide bonds. The van der Waals surface area contributed by atoms with Gasteiger partial charge in [0, 0.05) is 38.9 Å². The number of hydrogen-bond donors (Lipinski definition) is 1. The first kappa shape index (κ1) is 19.0. The number of amides is 2. The molecule has 1 aromatic carbocycles. The fourth-order valence-electron chi connectivity index (χ4n) is 3.04. The molecule has 1 heterocycles. The van der Waals surface area contributed by atoms with E-state index in [0.717, 1.165) is 18.4 Å². The smallest absolute Gasteiger partial charge is 0.220 e. The standard InChI is InChI=1S/C19H26N2O4/c1-13-4-6-18(25-3)16(12-13)17(23)5-7-19(24)20-15-8-10-21(11-9-15)14(2)22/h4,6,12,15H,5,7-11H2,1-3H3,(H,20,24). The lowest BCUT2D eigenvalue weighted by atomic mass is 10.0. The number of benzene rings is 1. The molecule has 1 N–H and O–H groups in total. The highest BCUT2D eigenvalue weighted by molar-refractivity contribution is 6.00. The lowest BCUT2D eigenvalue weighted by molar-refractivity contribution is -0.130. The molecule has 2 rings (SSSR count). The zero-order valence-corrected chi connectivity index (χ0v) is 15.1. The van der Waals surface area contributed by atoms with Gasteiger partial charge in [0.15, 0.2) is 5.78 Å². The monoisotopic (exact) mass is 346 g/mol. The third-order valence-corrected chi connectivity index (χ3v) is 4.54. The van der Waals surface area contributed by atoms with E-state index in [0.29, 0.717) is 24.4 Å². The molecule has 136 valence electrons. The lowest BCUT2D eigenvalue weighted by Crippen LogP contribution is -2.46. The summed E-state index contributed by atoms with van der Waals surface area (Å²) in [5.41, 5.74) is 1.50. The molecule has 1 fully saturated rings. The molecule has 6 heteroatoms. The Morgan fingerprint density at radius 2 is 1.88 bits per heavy atom. The Hall–Kier alpha value is -2.37. The van der Waals surface area contributed by atoms with Crippen molar-refractivity contribution in [3.8, 4) is 5.75 Å². The number of carbonyl (C=O) groups is 3. The quantitative estimate of drug-likeness (QED) is 0.800. The number of hydrogen-bond acceptors (Lipinski definition) is 4. The fraction of sp³-hybridized carbons (Fsp3) is 0.526. The minimum absolute atomic E-state index is 0.0717. The van der Waals surface area contributed by atoms with E-state index >= 15 is 0 Å². The maximum atomic E-state index is 12.4. The van der Waals surface area contributed by atoms with Crippen molar-refractivity contribution in [1.82, 2.24) is 10.2 Å². The zero-order valence-electron chi connectivity index (χ0n) is 15.1. The summed E-state index contributed by atoms with van der Waals surface area (Å²) in [7, 11) is 1.53. The van der Waals surface area contributed by atoms with Crippen molar-refractivity contribution in [2.75, 3.05) is 20.2 Å². The molecule has 0 spiro atoms. The van der Waals surface area contributed by atoms with E-state index in [2.05, 4.69) is 5.32 Å². The van der Waals surface area contributed by atoms with Crippen molar-refractivity contribution < 1.29 is 19.1 Å². The van der Waals surface area contributed by atoms with E-state index in [1.54, 1.807) is 24.0 Å². The number of likely N-dealkylation sites (tertiary alicyclic amines) is 1. The Labute approximate surface area is 148 Å². The summed E-state index contributed by atoms with van der Waals surface area (Å²) < 4.78 is 5.23. The van der Waals surface area contributed by atoms with E-state index in [1.165, 1.54) is 7.11 Å². The SMILES string of the molecule is COc1ccc(C)cc1C(=O)CCC(=O)NC1CCN(C(C)=O)CC1. The molecule has 0 atom stereocenters. The Balaban J connectivity index is 1.81. The third kappa shape index (κ3) is 5.31. The number of nitrogens with zero attached hydrogens (tertiary/aromatic N) is 1. The van der Waals surface area contributed by atoms with Gasteiger partial charge in [0.1, 0.15) is 5.75 Å². The fourth-order valence-corrected chi connectivity index (χ4v) is 3.04. The van der Waals surface area contributed by atoms with Gasteiger partial charge in [-0.3, -0.25) is 14.4 Å². The van der Waals surface area contributed by atoms with Gasteiger partial charge in [-0.1, -0.05) is 11.6 Å². The van der Waals surface area contributed by atoms with Crippen LogP contribution < -0.4 is 10.1 Å². The highest BCUT2D eigenvalue weighted by Gasteiger charge is 2.22. The maximum Gasteiger partial charge on any atom is 0.220 e. The predicted octanol–water partition coefficient (Wildman–Crippen LogP) is 2.09. The molecule has 1 saturated heterocycles. The summed E-state index contributed by atoms with van der Waals surface area (Å²) in [6, 6.07) is 5.52. The van der Waals surface area contributed by atoms with Gasteiger partial charge in [-0.2, -0.15) is 0 Å². The Bertz CT molecular complexity index is 649. The number of rotatable bonds is 6. The van der Waals surface area contributed by atoms with Crippen LogP contribution in [0.25, 0.3) is 0 Å². The van der Waals surface area contributed by atoms with E-state index in [9.17, 15) is 14.4 Å². The second-order valence-electron chi connectivity index (χ2n) is 6.47. The second kappa shape index (κ2) is 8.65. The number of piperidine rings is 1. The summed E-state index contributed by atoms with van der Waals surface area (Å²) in [5.74, 6) is 0.387. The number of carbonyl (C=O) groups excluding carboxylic acids is 3. The lowest BCUT2D eigenvalue weighted by Gasteiger charge is -2.31. The number of ketones is 1. The highest BCUT2D eigenvalue weighted by atomic mass is 16.5. The first-order valence-electron chi connectivity index (χ1n) is 8.63. The van der Waals surface area contributed by atoms with Crippen LogP contribution in [0.4, 0.5) is 0 Å². The van der Waals surface area contributed by atoms with E-state index in [1.807, 2.05) is 13.0 Å². The van der Waals surface area contributed by atoms with Crippen LogP contribution in [-0.2, 0) is 9.59 Å². The van der Waals surface area contributed by atoms with Gasteiger partial charge >= 0.3 is 0 Å². The number of Topliss-reactive ketones (excluding diaryl/α,β-unsaturated/α-hetero) is 1. The molecule has 0 radical (unpaired) electrons. The van der Waals surface area contributed by atoms with Crippen molar-refractivity contribution in [3.63, 3.8) is 0 Å². The van der Waals surface area contributed by atoms with Crippen molar-refractivity contribution in [3.05, 3.63) is 29.3 Å². The number of methoxy groups -OCH3 is 1. The average molecular weight is 346 g/mol. The largest absolute Gasteiger partial charge is 0.496 e. The van der Waals surface area contributed by atoms with E-state index in [-0.39, 0.29) is 36.5 Å².